The summed E-state index contributed by atoms with van der Waals surface area (Å²) in [6, 6.07) is 10.5. The van der Waals surface area contributed by atoms with E-state index in [0.29, 0.717) is 25.0 Å². The maximum atomic E-state index is 13.5. The third kappa shape index (κ3) is 3.63. The molecule has 0 amide bonds. The lowest BCUT2D eigenvalue weighted by molar-refractivity contribution is -0.175. The normalized spacial score (nSPS) is 30.8. The Balaban J connectivity index is 1.37. The van der Waals surface area contributed by atoms with Crippen molar-refractivity contribution < 1.29 is 19.0 Å². The summed E-state index contributed by atoms with van der Waals surface area (Å²) < 4.78 is 25.7. The number of aromatic nitrogens is 1. The Bertz CT molecular complexity index is 891. The van der Waals surface area contributed by atoms with Gasteiger partial charge in [0.1, 0.15) is 5.82 Å². The number of aliphatic hydroxyl groups is 1. The van der Waals surface area contributed by atoms with Gasteiger partial charge in [-0.3, -0.25) is 4.98 Å². The van der Waals surface area contributed by atoms with Crippen LogP contribution >= 0.6 is 0 Å². The summed E-state index contributed by atoms with van der Waals surface area (Å²) in [4.78, 5) is 4.55. The monoisotopic (exact) mass is 395 g/mol. The number of benzene rings is 1. The van der Waals surface area contributed by atoms with Gasteiger partial charge in [0, 0.05) is 24.1 Å². The van der Waals surface area contributed by atoms with Gasteiger partial charge in [-0.15, -0.1) is 0 Å². The van der Waals surface area contributed by atoms with E-state index in [1.165, 1.54) is 12.1 Å². The largest absolute Gasteiger partial charge is 0.393 e. The van der Waals surface area contributed by atoms with Crippen molar-refractivity contribution in [2.24, 2.45) is 17.8 Å². The summed E-state index contributed by atoms with van der Waals surface area (Å²) >= 11 is 0. The van der Waals surface area contributed by atoms with Crippen LogP contribution in [0.4, 0.5) is 4.39 Å². The van der Waals surface area contributed by atoms with Crippen molar-refractivity contribution in [2.75, 3.05) is 13.2 Å². The number of hydrogen-bond donors (Lipinski definition) is 1. The van der Waals surface area contributed by atoms with Gasteiger partial charge in [0.15, 0.2) is 5.79 Å². The molecule has 2 aromatic rings. The first-order chi connectivity index (χ1) is 14.1. The first-order valence-corrected chi connectivity index (χ1v) is 10.5. The van der Waals surface area contributed by atoms with Crippen molar-refractivity contribution in [3.8, 4) is 11.1 Å². The third-order valence-electron chi connectivity index (χ3n) is 6.72. The molecule has 1 saturated heterocycles. The highest BCUT2D eigenvalue weighted by molar-refractivity contribution is 5.63. The SMILES string of the molecule is O[C@@H]1CC[C@@H]2[C@@H](C1)CC1(OCCO1)[C@H]2/C=C/c1ccc(-c2cccc(F)c2)cn1. The van der Waals surface area contributed by atoms with Crippen molar-refractivity contribution in [1.29, 1.82) is 0 Å². The lowest BCUT2D eigenvalue weighted by atomic mass is 9.76. The zero-order valence-corrected chi connectivity index (χ0v) is 16.3. The Morgan fingerprint density at radius 2 is 1.97 bits per heavy atom. The average Bonchev–Trinajstić information content (AvgIpc) is 3.31. The van der Waals surface area contributed by atoms with Crippen molar-refractivity contribution >= 4 is 6.08 Å². The zero-order chi connectivity index (χ0) is 19.8. The molecule has 3 aliphatic rings. The standard InChI is InChI=1S/C24H26FNO3/c25-19-3-1-2-16(12-19)17-4-5-20(26-15-17)6-9-23-22-8-7-21(27)13-18(22)14-24(23)28-10-11-29-24/h1-6,9,12,15,18,21-23,27H,7-8,10-11,13-14H2/b9-6+/t18-,21+,22+,23-/m0/s1. The number of ether oxygens (including phenoxy) is 2. The second-order valence-corrected chi connectivity index (χ2v) is 8.47. The van der Waals surface area contributed by atoms with Crippen LogP contribution < -0.4 is 0 Å². The first kappa shape index (κ1) is 18.9. The molecule has 0 bridgehead atoms. The van der Waals surface area contributed by atoms with Crippen molar-refractivity contribution in [3.63, 3.8) is 0 Å². The molecule has 1 spiro atoms. The molecule has 1 aliphatic heterocycles. The highest BCUT2D eigenvalue weighted by Crippen LogP contribution is 2.55. The molecular weight excluding hydrogens is 369 g/mol. The molecule has 1 aromatic carbocycles. The van der Waals surface area contributed by atoms with Crippen LogP contribution in [0.5, 0.6) is 0 Å². The molecule has 2 saturated carbocycles. The molecule has 1 aromatic heterocycles. The summed E-state index contributed by atoms with van der Waals surface area (Å²) in [5.41, 5.74) is 2.57. The Kier molecular flexibility index (Phi) is 4.98. The number of nitrogens with zero attached hydrogens (tertiary/aromatic N) is 1. The van der Waals surface area contributed by atoms with Gasteiger partial charge in [-0.2, -0.15) is 0 Å². The second-order valence-electron chi connectivity index (χ2n) is 8.47. The van der Waals surface area contributed by atoms with E-state index in [0.717, 1.165) is 42.5 Å². The number of aliphatic hydroxyl groups excluding tert-OH is 1. The van der Waals surface area contributed by atoms with Crippen molar-refractivity contribution in [3.05, 3.63) is 60.2 Å². The second kappa shape index (κ2) is 7.63. The minimum Gasteiger partial charge on any atom is -0.393 e. The molecule has 0 radical (unpaired) electrons. The summed E-state index contributed by atoms with van der Waals surface area (Å²) in [5, 5.41) is 10.1. The molecule has 2 aliphatic carbocycles. The molecule has 3 fully saturated rings. The zero-order valence-electron chi connectivity index (χ0n) is 16.3. The van der Waals surface area contributed by atoms with Crippen LogP contribution in [0.25, 0.3) is 17.2 Å². The predicted octanol–water partition coefficient (Wildman–Crippen LogP) is 4.44. The molecule has 29 heavy (non-hydrogen) atoms. The molecule has 4 atom stereocenters. The van der Waals surface area contributed by atoms with Crippen LogP contribution in [0.2, 0.25) is 0 Å². The molecule has 4 nitrogen and oxygen atoms in total. The predicted molar refractivity (Wildman–Crippen MR) is 108 cm³/mol. The highest BCUT2D eigenvalue weighted by atomic mass is 19.1. The summed E-state index contributed by atoms with van der Waals surface area (Å²) in [6.07, 6.45) is 9.36. The van der Waals surface area contributed by atoms with Crippen molar-refractivity contribution in [2.45, 2.75) is 37.6 Å². The number of rotatable bonds is 3. The molecule has 5 heteroatoms. The molecule has 1 N–H and O–H groups in total. The quantitative estimate of drug-likeness (QED) is 0.835. The number of pyridine rings is 1. The molecular formula is C24H26FNO3. The molecule has 0 unspecified atom stereocenters. The first-order valence-electron chi connectivity index (χ1n) is 10.5. The number of fused-ring (bicyclic) bond motifs is 1. The van der Waals surface area contributed by atoms with Gasteiger partial charge in [-0.05, 0) is 60.9 Å². The van der Waals surface area contributed by atoms with Crippen LogP contribution in [0, 0.1) is 23.6 Å². The molecule has 152 valence electrons. The van der Waals surface area contributed by atoms with Gasteiger partial charge in [0.05, 0.1) is 25.0 Å². The number of halogens is 1. The third-order valence-corrected chi connectivity index (χ3v) is 6.72. The minimum atomic E-state index is -0.544. The van der Waals surface area contributed by atoms with Crippen LogP contribution in [-0.4, -0.2) is 35.2 Å². The topological polar surface area (TPSA) is 51.6 Å². The lowest BCUT2D eigenvalue weighted by Crippen LogP contribution is -2.35. The lowest BCUT2D eigenvalue weighted by Gasteiger charge is -2.32. The fraction of sp³-hybridized carbons (Fsp3) is 0.458. The smallest absolute Gasteiger partial charge is 0.175 e. The molecule has 5 rings (SSSR count). The van der Waals surface area contributed by atoms with E-state index in [-0.39, 0.29) is 17.8 Å². The average molecular weight is 395 g/mol. The van der Waals surface area contributed by atoms with E-state index in [2.05, 4.69) is 11.1 Å². The number of hydrogen-bond acceptors (Lipinski definition) is 4. The van der Waals surface area contributed by atoms with E-state index in [1.54, 1.807) is 12.3 Å². The fourth-order valence-electron chi connectivity index (χ4n) is 5.41. The van der Waals surface area contributed by atoms with E-state index in [9.17, 15) is 9.50 Å². The Labute approximate surface area is 170 Å². The molecule has 2 heterocycles. The van der Waals surface area contributed by atoms with Crippen LogP contribution in [0.1, 0.15) is 31.4 Å². The highest BCUT2D eigenvalue weighted by Gasteiger charge is 2.57. The van der Waals surface area contributed by atoms with E-state index in [1.807, 2.05) is 24.3 Å². The van der Waals surface area contributed by atoms with Gasteiger partial charge in [0.25, 0.3) is 0 Å². The summed E-state index contributed by atoms with van der Waals surface area (Å²) in [6.45, 7) is 1.26. The maximum Gasteiger partial charge on any atom is 0.175 e. The van der Waals surface area contributed by atoms with Gasteiger partial charge < -0.3 is 14.6 Å². The summed E-state index contributed by atoms with van der Waals surface area (Å²) in [5.74, 6) is 0.292. The van der Waals surface area contributed by atoms with E-state index in [4.69, 9.17) is 9.47 Å². The van der Waals surface area contributed by atoms with Crippen molar-refractivity contribution in [1.82, 2.24) is 4.98 Å². The Morgan fingerprint density at radius 3 is 2.72 bits per heavy atom. The van der Waals surface area contributed by atoms with Crippen LogP contribution in [-0.2, 0) is 9.47 Å². The van der Waals surface area contributed by atoms with E-state index < -0.39 is 5.79 Å². The minimum absolute atomic E-state index is 0.173. The van der Waals surface area contributed by atoms with E-state index >= 15 is 0 Å². The van der Waals surface area contributed by atoms with Crippen LogP contribution in [0.15, 0.2) is 48.7 Å². The maximum absolute atomic E-state index is 13.5. The fourth-order valence-corrected chi connectivity index (χ4v) is 5.41. The van der Waals surface area contributed by atoms with Gasteiger partial charge in [-0.1, -0.05) is 24.3 Å². The Hall–Kier alpha value is -2.08. The van der Waals surface area contributed by atoms with Gasteiger partial charge >= 0.3 is 0 Å². The van der Waals surface area contributed by atoms with Crippen LogP contribution in [0.3, 0.4) is 0 Å². The Morgan fingerprint density at radius 1 is 1.10 bits per heavy atom. The van der Waals surface area contributed by atoms with Gasteiger partial charge in [0.2, 0.25) is 0 Å². The van der Waals surface area contributed by atoms with Gasteiger partial charge in [-0.25, -0.2) is 4.39 Å². The summed E-state index contributed by atoms with van der Waals surface area (Å²) in [7, 11) is 0.